The van der Waals surface area contributed by atoms with Crippen LogP contribution >= 0.6 is 0 Å². The molecule has 0 aliphatic heterocycles. The van der Waals surface area contributed by atoms with Gasteiger partial charge in [0, 0.05) is 5.69 Å². The van der Waals surface area contributed by atoms with Crippen LogP contribution in [0.5, 0.6) is 0 Å². The minimum atomic E-state index is -4.94. The lowest BCUT2D eigenvalue weighted by molar-refractivity contribution is -0.167. The Morgan fingerprint density at radius 3 is 2.40 bits per heavy atom. The van der Waals surface area contributed by atoms with Gasteiger partial charge in [-0.25, -0.2) is 4.39 Å². The predicted octanol–water partition coefficient (Wildman–Crippen LogP) is 2.63. The SMILES string of the molecule is Cc1cc(NC(=O)C(F)(F)F)ccc1F. The summed E-state index contributed by atoms with van der Waals surface area (Å²) in [6.45, 7) is 1.39. The quantitative estimate of drug-likeness (QED) is 0.725. The van der Waals surface area contributed by atoms with Crippen molar-refractivity contribution in [3.8, 4) is 0 Å². The summed E-state index contributed by atoms with van der Waals surface area (Å²) in [5.74, 6) is -2.62. The van der Waals surface area contributed by atoms with Crippen molar-refractivity contribution in [2.75, 3.05) is 5.32 Å². The highest BCUT2D eigenvalue weighted by molar-refractivity contribution is 5.94. The van der Waals surface area contributed by atoms with E-state index in [-0.39, 0.29) is 11.3 Å². The monoisotopic (exact) mass is 221 g/mol. The van der Waals surface area contributed by atoms with Crippen LogP contribution in [0.15, 0.2) is 18.2 Å². The van der Waals surface area contributed by atoms with Crippen LogP contribution in [-0.2, 0) is 4.79 Å². The molecule has 0 bridgehead atoms. The lowest BCUT2D eigenvalue weighted by Crippen LogP contribution is -2.29. The highest BCUT2D eigenvalue weighted by atomic mass is 19.4. The fraction of sp³-hybridized carbons (Fsp3) is 0.222. The molecule has 0 atom stereocenters. The predicted molar refractivity (Wildman–Crippen MR) is 45.8 cm³/mol. The van der Waals surface area contributed by atoms with Crippen LogP contribution in [0.4, 0.5) is 23.2 Å². The molecule has 0 heterocycles. The standard InChI is InChI=1S/C9H7F4NO/c1-5-4-6(2-3-7(5)10)14-8(15)9(11,12)13/h2-4H,1H3,(H,14,15). The van der Waals surface area contributed by atoms with E-state index in [4.69, 9.17) is 0 Å². The van der Waals surface area contributed by atoms with Crippen LogP contribution in [0, 0.1) is 12.7 Å². The largest absolute Gasteiger partial charge is 0.471 e. The first-order chi connectivity index (χ1) is 6.80. The first kappa shape index (κ1) is 11.5. The molecule has 0 aromatic heterocycles. The number of hydrogen-bond donors (Lipinski definition) is 1. The molecule has 1 amide bonds. The molecule has 1 aromatic rings. The molecule has 0 aliphatic rings. The fourth-order valence-corrected chi connectivity index (χ4v) is 0.924. The highest BCUT2D eigenvalue weighted by Crippen LogP contribution is 2.19. The summed E-state index contributed by atoms with van der Waals surface area (Å²) < 4.78 is 48.2. The van der Waals surface area contributed by atoms with Crippen LogP contribution < -0.4 is 5.32 Å². The van der Waals surface area contributed by atoms with Gasteiger partial charge in [0.25, 0.3) is 0 Å². The molecule has 1 aromatic carbocycles. The molecule has 0 spiro atoms. The van der Waals surface area contributed by atoms with Gasteiger partial charge in [-0.1, -0.05) is 0 Å². The van der Waals surface area contributed by atoms with E-state index in [1.54, 1.807) is 5.32 Å². The van der Waals surface area contributed by atoms with Crippen molar-refractivity contribution >= 4 is 11.6 Å². The topological polar surface area (TPSA) is 29.1 Å². The Morgan fingerprint density at radius 2 is 1.93 bits per heavy atom. The van der Waals surface area contributed by atoms with E-state index in [1.807, 2.05) is 0 Å². The van der Waals surface area contributed by atoms with Crippen LogP contribution in [0.2, 0.25) is 0 Å². The van der Waals surface area contributed by atoms with Crippen LogP contribution in [0.1, 0.15) is 5.56 Å². The number of nitrogens with one attached hydrogen (secondary N) is 1. The van der Waals surface area contributed by atoms with Crippen molar-refractivity contribution in [2.45, 2.75) is 13.1 Å². The van der Waals surface area contributed by atoms with E-state index in [1.165, 1.54) is 6.92 Å². The second kappa shape index (κ2) is 3.88. The maximum atomic E-state index is 12.7. The van der Waals surface area contributed by atoms with Crippen LogP contribution in [0.25, 0.3) is 0 Å². The Morgan fingerprint density at radius 1 is 1.33 bits per heavy atom. The van der Waals surface area contributed by atoms with Crippen LogP contribution in [-0.4, -0.2) is 12.1 Å². The third-order valence-electron chi connectivity index (χ3n) is 1.67. The Bertz CT molecular complexity index is 386. The van der Waals surface area contributed by atoms with Crippen molar-refractivity contribution < 1.29 is 22.4 Å². The third-order valence-corrected chi connectivity index (χ3v) is 1.67. The maximum Gasteiger partial charge on any atom is 0.471 e. The summed E-state index contributed by atoms with van der Waals surface area (Å²) in [4.78, 5) is 10.5. The van der Waals surface area contributed by atoms with Gasteiger partial charge >= 0.3 is 12.1 Å². The average molecular weight is 221 g/mol. The first-order valence-corrected chi connectivity index (χ1v) is 3.95. The Balaban J connectivity index is 2.83. The fourth-order valence-electron chi connectivity index (χ4n) is 0.924. The third kappa shape index (κ3) is 2.93. The van der Waals surface area contributed by atoms with Gasteiger partial charge in [-0.2, -0.15) is 13.2 Å². The summed E-state index contributed by atoms with van der Waals surface area (Å²) in [5, 5.41) is 1.62. The first-order valence-electron chi connectivity index (χ1n) is 3.95. The van der Waals surface area contributed by atoms with Crippen molar-refractivity contribution in [3.05, 3.63) is 29.6 Å². The maximum absolute atomic E-state index is 12.7. The number of anilines is 1. The summed E-state index contributed by atoms with van der Waals surface area (Å²) in [5.41, 5.74) is 0.0752. The van der Waals surface area contributed by atoms with Crippen LogP contribution in [0.3, 0.4) is 0 Å². The highest BCUT2D eigenvalue weighted by Gasteiger charge is 2.38. The number of rotatable bonds is 1. The van der Waals surface area contributed by atoms with Gasteiger partial charge in [-0.15, -0.1) is 0 Å². The number of aryl methyl sites for hydroxylation is 1. The van der Waals surface area contributed by atoms with Gasteiger partial charge in [0.2, 0.25) is 0 Å². The van der Waals surface area contributed by atoms with E-state index in [0.717, 1.165) is 18.2 Å². The second-order valence-corrected chi connectivity index (χ2v) is 2.92. The lowest BCUT2D eigenvalue weighted by atomic mass is 10.2. The second-order valence-electron chi connectivity index (χ2n) is 2.92. The number of alkyl halides is 3. The number of amides is 1. The number of carbonyl (C=O) groups excluding carboxylic acids is 1. The number of benzene rings is 1. The molecule has 82 valence electrons. The Hall–Kier alpha value is -1.59. The van der Waals surface area contributed by atoms with Crippen molar-refractivity contribution in [1.82, 2.24) is 0 Å². The van der Waals surface area contributed by atoms with E-state index in [2.05, 4.69) is 0 Å². The Labute approximate surface area is 82.9 Å². The van der Waals surface area contributed by atoms with Gasteiger partial charge in [0.05, 0.1) is 0 Å². The van der Waals surface area contributed by atoms with Crippen molar-refractivity contribution in [3.63, 3.8) is 0 Å². The van der Waals surface area contributed by atoms with Gasteiger partial charge < -0.3 is 5.32 Å². The molecule has 0 aliphatic carbocycles. The number of carbonyl (C=O) groups is 1. The molecule has 6 heteroatoms. The zero-order valence-corrected chi connectivity index (χ0v) is 7.65. The smallest absolute Gasteiger partial charge is 0.318 e. The molecule has 2 nitrogen and oxygen atoms in total. The lowest BCUT2D eigenvalue weighted by Gasteiger charge is -2.08. The van der Waals surface area contributed by atoms with Gasteiger partial charge in [-0.05, 0) is 30.7 Å². The minimum Gasteiger partial charge on any atom is -0.318 e. The molecule has 0 fully saturated rings. The zero-order chi connectivity index (χ0) is 11.6. The molecular weight excluding hydrogens is 214 g/mol. The summed E-state index contributed by atoms with van der Waals surface area (Å²) in [6.07, 6.45) is -4.94. The molecule has 1 rings (SSSR count). The van der Waals surface area contributed by atoms with Crippen molar-refractivity contribution in [2.24, 2.45) is 0 Å². The molecule has 1 N–H and O–H groups in total. The number of halogens is 4. The summed E-state index contributed by atoms with van der Waals surface area (Å²) in [7, 11) is 0. The zero-order valence-electron chi connectivity index (χ0n) is 7.65. The van der Waals surface area contributed by atoms with E-state index >= 15 is 0 Å². The number of hydrogen-bond acceptors (Lipinski definition) is 1. The Kier molecular flexibility index (Phi) is 2.97. The van der Waals surface area contributed by atoms with Gasteiger partial charge in [0.15, 0.2) is 0 Å². The van der Waals surface area contributed by atoms with E-state index in [9.17, 15) is 22.4 Å². The molecule has 15 heavy (non-hydrogen) atoms. The molecule has 0 radical (unpaired) electrons. The van der Waals surface area contributed by atoms with Gasteiger partial charge in [-0.3, -0.25) is 4.79 Å². The molecular formula is C9H7F4NO. The molecule has 0 unspecified atom stereocenters. The average Bonchev–Trinajstić information content (AvgIpc) is 2.10. The van der Waals surface area contributed by atoms with E-state index < -0.39 is 17.9 Å². The molecule has 0 saturated heterocycles. The summed E-state index contributed by atoms with van der Waals surface area (Å²) in [6, 6.07) is 3.17. The van der Waals surface area contributed by atoms with Gasteiger partial charge in [0.1, 0.15) is 5.82 Å². The van der Waals surface area contributed by atoms with E-state index in [0.29, 0.717) is 0 Å². The van der Waals surface area contributed by atoms with Crippen molar-refractivity contribution in [1.29, 1.82) is 0 Å². The summed E-state index contributed by atoms with van der Waals surface area (Å²) >= 11 is 0. The normalized spacial score (nSPS) is 11.3. The molecule has 0 saturated carbocycles. The minimum absolute atomic E-state index is 0.0868.